The lowest BCUT2D eigenvalue weighted by Crippen LogP contribution is -2.35. The minimum atomic E-state index is -2.97. The minimum Gasteiger partial charge on any atom is -0.354 e. The Morgan fingerprint density at radius 2 is 2.20 bits per heavy atom. The first-order valence-corrected chi connectivity index (χ1v) is 6.85. The number of hydrogen-bond acceptors (Lipinski definition) is 4. The van der Waals surface area contributed by atoms with E-state index in [0.717, 1.165) is 0 Å². The van der Waals surface area contributed by atoms with Crippen molar-refractivity contribution in [1.82, 2.24) is 10.6 Å². The number of sulfone groups is 1. The van der Waals surface area contributed by atoms with Crippen LogP contribution in [0.3, 0.4) is 0 Å². The zero-order chi connectivity index (χ0) is 11.5. The molecule has 0 aliphatic carbocycles. The van der Waals surface area contributed by atoms with Crippen molar-refractivity contribution >= 4 is 15.7 Å². The van der Waals surface area contributed by atoms with Gasteiger partial charge in [-0.25, -0.2) is 8.42 Å². The molecule has 1 fully saturated rings. The third-order valence-electron chi connectivity index (χ3n) is 2.52. The number of carbonyl (C=O) groups excluding carboxylic acids is 1. The molecule has 0 saturated carbocycles. The van der Waals surface area contributed by atoms with Crippen molar-refractivity contribution in [3.8, 4) is 0 Å². The monoisotopic (exact) mass is 234 g/mol. The van der Waals surface area contributed by atoms with Crippen molar-refractivity contribution < 1.29 is 13.2 Å². The molecule has 0 bridgehead atoms. The van der Waals surface area contributed by atoms with Crippen LogP contribution >= 0.6 is 0 Å². The topological polar surface area (TPSA) is 75.3 Å². The van der Waals surface area contributed by atoms with Crippen LogP contribution in [0.15, 0.2) is 0 Å². The molecule has 1 amide bonds. The Hall–Kier alpha value is -0.620. The first-order valence-electron chi connectivity index (χ1n) is 5.13. The van der Waals surface area contributed by atoms with Crippen molar-refractivity contribution in [2.24, 2.45) is 0 Å². The van der Waals surface area contributed by atoms with Crippen molar-refractivity contribution in [2.45, 2.75) is 31.6 Å². The molecule has 5 nitrogen and oxygen atoms in total. The number of carbonyl (C=O) groups is 1. The Kier molecular flexibility index (Phi) is 4.10. The number of hydrogen-bond donors (Lipinski definition) is 2. The molecule has 0 aromatic rings. The van der Waals surface area contributed by atoms with Crippen LogP contribution in [0.5, 0.6) is 0 Å². The summed E-state index contributed by atoms with van der Waals surface area (Å²) in [6.07, 6.45) is 0.446. The Morgan fingerprint density at radius 1 is 1.53 bits per heavy atom. The summed E-state index contributed by atoms with van der Waals surface area (Å²) < 4.78 is 22.9. The van der Waals surface area contributed by atoms with Crippen LogP contribution in [0.25, 0.3) is 0 Å². The van der Waals surface area contributed by atoms with Gasteiger partial charge in [-0.05, 0) is 13.8 Å². The van der Waals surface area contributed by atoms with Gasteiger partial charge >= 0.3 is 0 Å². The van der Waals surface area contributed by atoms with E-state index in [4.69, 9.17) is 0 Å². The molecule has 1 aliphatic rings. The van der Waals surface area contributed by atoms with E-state index in [0.29, 0.717) is 19.5 Å². The second-order valence-electron chi connectivity index (χ2n) is 4.07. The SMILES string of the molecule is CC(C)S(=O)(=O)CCNC1CNC(=O)C1. The van der Waals surface area contributed by atoms with Crippen molar-refractivity contribution in [1.29, 1.82) is 0 Å². The van der Waals surface area contributed by atoms with Crippen molar-refractivity contribution in [3.05, 3.63) is 0 Å². The highest BCUT2D eigenvalue weighted by Crippen LogP contribution is 2.01. The molecule has 0 aromatic heterocycles. The highest BCUT2D eigenvalue weighted by molar-refractivity contribution is 7.92. The maximum absolute atomic E-state index is 11.4. The maximum Gasteiger partial charge on any atom is 0.221 e. The van der Waals surface area contributed by atoms with Gasteiger partial charge in [0.2, 0.25) is 5.91 Å². The summed E-state index contributed by atoms with van der Waals surface area (Å²) in [7, 11) is -2.97. The molecule has 6 heteroatoms. The van der Waals surface area contributed by atoms with Gasteiger partial charge in [-0.3, -0.25) is 4.79 Å². The summed E-state index contributed by atoms with van der Waals surface area (Å²) >= 11 is 0. The van der Waals surface area contributed by atoms with Crippen LogP contribution < -0.4 is 10.6 Å². The highest BCUT2D eigenvalue weighted by Gasteiger charge is 2.22. The molecule has 0 spiro atoms. The van der Waals surface area contributed by atoms with Gasteiger partial charge in [-0.2, -0.15) is 0 Å². The second-order valence-corrected chi connectivity index (χ2v) is 6.75. The molecule has 1 unspecified atom stereocenters. The molecule has 88 valence electrons. The molecule has 0 radical (unpaired) electrons. The fourth-order valence-electron chi connectivity index (χ4n) is 1.39. The van der Waals surface area contributed by atoms with Crippen LogP contribution in [-0.2, 0) is 14.6 Å². The Balaban J connectivity index is 2.25. The Bertz CT molecular complexity index is 324. The Labute approximate surface area is 90.5 Å². The van der Waals surface area contributed by atoms with Gasteiger partial charge < -0.3 is 10.6 Å². The van der Waals surface area contributed by atoms with E-state index in [1.165, 1.54) is 0 Å². The minimum absolute atomic E-state index is 0.0271. The molecular formula is C9H18N2O3S. The second kappa shape index (κ2) is 4.94. The van der Waals surface area contributed by atoms with Crippen molar-refractivity contribution in [3.63, 3.8) is 0 Å². The lowest BCUT2D eigenvalue weighted by atomic mass is 10.2. The normalized spacial score (nSPS) is 22.1. The van der Waals surface area contributed by atoms with Gasteiger partial charge in [-0.15, -0.1) is 0 Å². The lowest BCUT2D eigenvalue weighted by molar-refractivity contribution is -0.119. The summed E-state index contributed by atoms with van der Waals surface area (Å²) in [6, 6.07) is 0.0832. The van der Waals surface area contributed by atoms with Crippen LogP contribution in [0.1, 0.15) is 20.3 Å². The lowest BCUT2D eigenvalue weighted by Gasteiger charge is -2.11. The van der Waals surface area contributed by atoms with Crippen LogP contribution in [0.2, 0.25) is 0 Å². The predicted octanol–water partition coefficient (Wildman–Crippen LogP) is -0.712. The summed E-state index contributed by atoms with van der Waals surface area (Å²) in [6.45, 7) is 4.37. The van der Waals surface area contributed by atoms with E-state index in [9.17, 15) is 13.2 Å². The van der Waals surface area contributed by atoms with Gasteiger partial charge in [-0.1, -0.05) is 0 Å². The average Bonchev–Trinajstić information content (AvgIpc) is 2.51. The quantitative estimate of drug-likeness (QED) is 0.659. The summed E-state index contributed by atoms with van der Waals surface area (Å²) in [4.78, 5) is 10.9. The molecule has 1 saturated heterocycles. The van der Waals surface area contributed by atoms with Crippen LogP contribution in [-0.4, -0.2) is 44.5 Å². The number of nitrogens with one attached hydrogen (secondary N) is 2. The van der Waals surface area contributed by atoms with Gasteiger partial charge in [0.15, 0.2) is 9.84 Å². The van der Waals surface area contributed by atoms with Gasteiger partial charge in [0.1, 0.15) is 0 Å². The molecular weight excluding hydrogens is 216 g/mol. The first kappa shape index (κ1) is 12.4. The molecule has 0 aromatic carbocycles. The summed E-state index contributed by atoms with van der Waals surface area (Å²) in [5, 5.41) is 5.42. The van der Waals surface area contributed by atoms with E-state index in [1.807, 2.05) is 0 Å². The third-order valence-corrected chi connectivity index (χ3v) is 4.72. The van der Waals surface area contributed by atoms with Crippen molar-refractivity contribution in [2.75, 3.05) is 18.8 Å². The van der Waals surface area contributed by atoms with E-state index in [1.54, 1.807) is 13.8 Å². The predicted molar refractivity (Wildman–Crippen MR) is 58.3 cm³/mol. The molecule has 1 heterocycles. The summed E-state index contributed by atoms with van der Waals surface area (Å²) in [5.74, 6) is 0.161. The molecule has 1 atom stereocenters. The van der Waals surface area contributed by atoms with E-state index in [-0.39, 0.29) is 23.0 Å². The first-order chi connectivity index (χ1) is 6.92. The van der Waals surface area contributed by atoms with E-state index < -0.39 is 9.84 Å². The number of rotatable bonds is 5. The average molecular weight is 234 g/mol. The molecule has 15 heavy (non-hydrogen) atoms. The van der Waals surface area contributed by atoms with Gasteiger partial charge in [0.25, 0.3) is 0 Å². The molecule has 2 N–H and O–H groups in total. The standard InChI is InChI=1S/C9H18N2O3S/c1-7(2)15(13,14)4-3-10-8-5-9(12)11-6-8/h7-8,10H,3-6H2,1-2H3,(H,11,12). The third kappa shape index (κ3) is 3.79. The van der Waals surface area contributed by atoms with E-state index in [2.05, 4.69) is 10.6 Å². The van der Waals surface area contributed by atoms with Crippen LogP contribution in [0.4, 0.5) is 0 Å². The zero-order valence-electron chi connectivity index (χ0n) is 9.12. The van der Waals surface area contributed by atoms with E-state index >= 15 is 0 Å². The number of amides is 1. The smallest absolute Gasteiger partial charge is 0.221 e. The maximum atomic E-state index is 11.4. The highest BCUT2D eigenvalue weighted by atomic mass is 32.2. The fraction of sp³-hybridized carbons (Fsp3) is 0.889. The fourth-order valence-corrected chi connectivity index (χ4v) is 2.26. The zero-order valence-corrected chi connectivity index (χ0v) is 9.93. The van der Waals surface area contributed by atoms with Gasteiger partial charge in [0.05, 0.1) is 11.0 Å². The van der Waals surface area contributed by atoms with Gasteiger partial charge in [0, 0.05) is 25.6 Å². The van der Waals surface area contributed by atoms with Crippen LogP contribution in [0, 0.1) is 0 Å². The summed E-state index contributed by atoms with van der Waals surface area (Å²) in [5.41, 5.74) is 0. The molecule has 1 aliphatic heterocycles. The largest absolute Gasteiger partial charge is 0.354 e. The molecule has 1 rings (SSSR count). The Morgan fingerprint density at radius 3 is 2.67 bits per heavy atom.